The highest BCUT2D eigenvalue weighted by Crippen LogP contribution is 2.39. The maximum atomic E-state index is 10.5. The van der Waals surface area contributed by atoms with Gasteiger partial charge < -0.3 is 19.5 Å². The number of para-hydroxylation sites is 1. The summed E-state index contributed by atoms with van der Waals surface area (Å²) in [5.41, 5.74) is 2.73. The Bertz CT molecular complexity index is 964. The molecule has 1 spiro atoms. The lowest BCUT2D eigenvalue weighted by atomic mass is 9.87. The number of phenolic OH excluding ortho intramolecular Hbond substituents is 1. The molecule has 1 saturated heterocycles. The zero-order chi connectivity index (χ0) is 20.7. The highest BCUT2D eigenvalue weighted by molar-refractivity contribution is 6.02. The third-order valence-electron chi connectivity index (χ3n) is 6.56. The summed E-state index contributed by atoms with van der Waals surface area (Å²) in [6.45, 7) is 6.78. The van der Waals surface area contributed by atoms with Gasteiger partial charge in [0, 0.05) is 42.9 Å². The maximum Gasteiger partial charge on any atom is 0.231 e. The first-order chi connectivity index (χ1) is 14.5. The molecule has 5 rings (SSSR count). The van der Waals surface area contributed by atoms with Gasteiger partial charge in [-0.1, -0.05) is 18.2 Å². The second-order valence-corrected chi connectivity index (χ2v) is 8.75. The topological polar surface area (TPSA) is 66.3 Å². The van der Waals surface area contributed by atoms with E-state index in [1.165, 1.54) is 0 Å². The molecule has 6 nitrogen and oxygen atoms in total. The summed E-state index contributed by atoms with van der Waals surface area (Å²) in [6, 6.07) is 14.2. The Kier molecular flexibility index (Phi) is 4.91. The van der Waals surface area contributed by atoms with Crippen molar-refractivity contribution in [3.05, 3.63) is 53.6 Å². The lowest BCUT2D eigenvalue weighted by Crippen LogP contribution is -2.56. The number of hydrogen-bond donors (Lipinski definition) is 2. The molecule has 3 aliphatic rings. The van der Waals surface area contributed by atoms with E-state index in [0.29, 0.717) is 18.2 Å². The number of ether oxygens (including phenoxy) is 2. The number of fused-ring (bicyclic) bond motifs is 1. The van der Waals surface area contributed by atoms with E-state index in [0.717, 1.165) is 54.3 Å². The van der Waals surface area contributed by atoms with E-state index in [-0.39, 0.29) is 18.5 Å². The van der Waals surface area contributed by atoms with Crippen molar-refractivity contribution in [2.24, 2.45) is 4.99 Å². The molecule has 0 aliphatic carbocycles. The molecule has 0 amide bonds. The fourth-order valence-electron chi connectivity index (χ4n) is 4.80. The summed E-state index contributed by atoms with van der Waals surface area (Å²) in [7, 11) is 0. The van der Waals surface area contributed by atoms with Crippen LogP contribution in [0.25, 0.3) is 0 Å². The van der Waals surface area contributed by atoms with Gasteiger partial charge in [-0.2, -0.15) is 0 Å². The first-order valence-electron chi connectivity index (χ1n) is 10.8. The number of aliphatic imine (C=N–C) groups is 1. The molecule has 0 radical (unpaired) electrons. The third-order valence-corrected chi connectivity index (χ3v) is 6.56. The lowest BCUT2D eigenvalue weighted by Gasteiger charge is -2.46. The van der Waals surface area contributed by atoms with Gasteiger partial charge in [0.2, 0.25) is 6.79 Å². The van der Waals surface area contributed by atoms with Gasteiger partial charge in [-0.25, -0.2) is 0 Å². The SMILES string of the molecule is CC(C)N1CCC2(CC1)N=C(c1ccc3c(c1)OCO3)CC(c1ccccc1O)N2. The average molecular weight is 408 g/mol. The highest BCUT2D eigenvalue weighted by Gasteiger charge is 2.41. The highest BCUT2D eigenvalue weighted by atomic mass is 16.7. The van der Waals surface area contributed by atoms with Crippen molar-refractivity contribution in [3.63, 3.8) is 0 Å². The van der Waals surface area contributed by atoms with E-state index >= 15 is 0 Å². The molecule has 1 unspecified atom stereocenters. The van der Waals surface area contributed by atoms with Crippen LogP contribution in [0.2, 0.25) is 0 Å². The molecule has 30 heavy (non-hydrogen) atoms. The number of likely N-dealkylation sites (tertiary alicyclic amines) is 1. The van der Waals surface area contributed by atoms with Crippen molar-refractivity contribution in [1.29, 1.82) is 0 Å². The van der Waals surface area contributed by atoms with E-state index in [2.05, 4.69) is 30.1 Å². The van der Waals surface area contributed by atoms with Crippen LogP contribution in [0.3, 0.4) is 0 Å². The molecular weight excluding hydrogens is 378 g/mol. The van der Waals surface area contributed by atoms with Crippen LogP contribution in [0.5, 0.6) is 17.2 Å². The zero-order valence-electron chi connectivity index (χ0n) is 17.6. The number of phenols is 1. The van der Waals surface area contributed by atoms with Crippen LogP contribution < -0.4 is 14.8 Å². The minimum absolute atomic E-state index is 0.00900. The molecule has 2 aromatic carbocycles. The van der Waals surface area contributed by atoms with Crippen LogP contribution in [-0.2, 0) is 0 Å². The van der Waals surface area contributed by atoms with Crippen LogP contribution in [0, 0.1) is 0 Å². The Morgan fingerprint density at radius 2 is 1.87 bits per heavy atom. The number of nitrogens with one attached hydrogen (secondary N) is 1. The molecular formula is C24H29N3O3. The molecule has 0 bridgehead atoms. The predicted molar refractivity (Wildman–Crippen MR) is 116 cm³/mol. The summed E-state index contributed by atoms with van der Waals surface area (Å²) in [5.74, 6) is 1.89. The summed E-state index contributed by atoms with van der Waals surface area (Å²) >= 11 is 0. The summed E-state index contributed by atoms with van der Waals surface area (Å²) in [4.78, 5) is 7.77. The van der Waals surface area contributed by atoms with E-state index in [9.17, 15) is 5.11 Å². The van der Waals surface area contributed by atoms with Crippen molar-refractivity contribution < 1.29 is 14.6 Å². The van der Waals surface area contributed by atoms with E-state index in [4.69, 9.17) is 14.5 Å². The van der Waals surface area contributed by atoms with Crippen LogP contribution in [-0.4, -0.2) is 47.3 Å². The van der Waals surface area contributed by atoms with Gasteiger partial charge in [-0.05, 0) is 56.5 Å². The van der Waals surface area contributed by atoms with Gasteiger partial charge >= 0.3 is 0 Å². The van der Waals surface area contributed by atoms with Crippen LogP contribution in [0.15, 0.2) is 47.5 Å². The van der Waals surface area contributed by atoms with Crippen molar-refractivity contribution in [3.8, 4) is 17.2 Å². The quantitative estimate of drug-likeness (QED) is 0.809. The minimum atomic E-state index is -0.317. The number of hydrogen-bond acceptors (Lipinski definition) is 6. The first-order valence-corrected chi connectivity index (χ1v) is 10.8. The standard InChI is InChI=1S/C24H29N3O3/c1-16(2)27-11-9-24(10-12-27)25-19(17-7-8-22-23(13-17)30-15-29-22)14-20(26-24)18-5-3-4-6-21(18)28/h3-8,13,16,20,26,28H,9-12,14-15H2,1-2H3. The Balaban J connectivity index is 1.51. The number of aromatic hydroxyl groups is 1. The normalized spacial score (nSPS) is 23.0. The zero-order valence-corrected chi connectivity index (χ0v) is 17.6. The van der Waals surface area contributed by atoms with E-state index in [1.54, 1.807) is 6.07 Å². The summed E-state index contributed by atoms with van der Waals surface area (Å²) < 4.78 is 11.1. The molecule has 1 fully saturated rings. The van der Waals surface area contributed by atoms with Crippen molar-refractivity contribution in [2.45, 2.75) is 50.9 Å². The second-order valence-electron chi connectivity index (χ2n) is 8.75. The predicted octanol–water partition coefficient (Wildman–Crippen LogP) is 3.85. The molecule has 158 valence electrons. The molecule has 3 aliphatic heterocycles. The molecule has 2 N–H and O–H groups in total. The molecule has 1 atom stereocenters. The summed E-state index contributed by atoms with van der Waals surface area (Å²) in [6.07, 6.45) is 2.61. The third kappa shape index (κ3) is 3.55. The Morgan fingerprint density at radius 1 is 1.10 bits per heavy atom. The maximum absolute atomic E-state index is 10.5. The number of rotatable bonds is 3. The van der Waals surface area contributed by atoms with Crippen molar-refractivity contribution >= 4 is 5.71 Å². The molecule has 2 aromatic rings. The van der Waals surface area contributed by atoms with Gasteiger partial charge in [0.25, 0.3) is 0 Å². The Hall–Kier alpha value is -2.57. The van der Waals surface area contributed by atoms with E-state index in [1.807, 2.05) is 30.3 Å². The minimum Gasteiger partial charge on any atom is -0.508 e. The van der Waals surface area contributed by atoms with Crippen molar-refractivity contribution in [1.82, 2.24) is 10.2 Å². The lowest BCUT2D eigenvalue weighted by molar-refractivity contribution is 0.103. The molecule has 0 saturated carbocycles. The Labute approximate surface area is 177 Å². The van der Waals surface area contributed by atoms with Crippen LogP contribution >= 0.6 is 0 Å². The number of piperidine rings is 1. The summed E-state index contributed by atoms with van der Waals surface area (Å²) in [5, 5.41) is 14.3. The van der Waals surface area contributed by atoms with Gasteiger partial charge in [-0.15, -0.1) is 0 Å². The second kappa shape index (κ2) is 7.60. The van der Waals surface area contributed by atoms with Crippen LogP contribution in [0.4, 0.5) is 0 Å². The fourth-order valence-corrected chi connectivity index (χ4v) is 4.80. The van der Waals surface area contributed by atoms with Gasteiger partial charge in [0.15, 0.2) is 11.5 Å². The molecule has 0 aromatic heterocycles. The first kappa shape index (κ1) is 19.4. The van der Waals surface area contributed by atoms with E-state index < -0.39 is 0 Å². The fraction of sp³-hybridized carbons (Fsp3) is 0.458. The number of benzene rings is 2. The monoisotopic (exact) mass is 407 g/mol. The van der Waals surface area contributed by atoms with Crippen molar-refractivity contribution in [2.75, 3.05) is 19.9 Å². The van der Waals surface area contributed by atoms with Gasteiger partial charge in [0.1, 0.15) is 11.4 Å². The number of nitrogens with zero attached hydrogens (tertiary/aromatic N) is 2. The Morgan fingerprint density at radius 3 is 2.63 bits per heavy atom. The molecule has 3 heterocycles. The largest absolute Gasteiger partial charge is 0.508 e. The van der Waals surface area contributed by atoms with Gasteiger partial charge in [0.05, 0.1) is 0 Å². The van der Waals surface area contributed by atoms with Crippen LogP contribution in [0.1, 0.15) is 50.3 Å². The average Bonchev–Trinajstić information content (AvgIpc) is 3.22. The smallest absolute Gasteiger partial charge is 0.231 e. The molecule has 6 heteroatoms. The van der Waals surface area contributed by atoms with Gasteiger partial charge in [-0.3, -0.25) is 10.3 Å².